The molecular weight excluding hydrogens is 271 g/mol. The Hall–Kier alpha value is -1.27. The Bertz CT molecular complexity index is 390. The number of anilines is 1. The highest BCUT2D eigenvalue weighted by molar-refractivity contribution is 5.46. The van der Waals surface area contributed by atoms with Gasteiger partial charge in [0, 0.05) is 31.9 Å². The van der Waals surface area contributed by atoms with Gasteiger partial charge in [-0.3, -0.25) is 0 Å². The summed E-state index contributed by atoms with van der Waals surface area (Å²) in [5.74, 6) is 0. The first kappa shape index (κ1) is 16.8. The molecule has 6 heteroatoms. The molecule has 0 spiro atoms. The third kappa shape index (κ3) is 5.79. The van der Waals surface area contributed by atoms with Crippen LogP contribution in [0.5, 0.6) is 0 Å². The Morgan fingerprint density at radius 1 is 1.15 bits per heavy atom. The maximum atomic E-state index is 12.6. The minimum atomic E-state index is -4.32. The van der Waals surface area contributed by atoms with Crippen molar-refractivity contribution in [2.75, 3.05) is 25.1 Å². The predicted octanol–water partition coefficient (Wildman–Crippen LogP) is 3.91. The monoisotopic (exact) mass is 291 g/mol. The van der Waals surface area contributed by atoms with E-state index in [1.54, 1.807) is 6.07 Å². The van der Waals surface area contributed by atoms with Gasteiger partial charge >= 0.3 is 6.18 Å². The molecule has 114 valence electrons. The SMILES string of the molecule is CCOC(CCNc1cccc(C(F)(F)F)c1)OCC. The molecule has 0 heterocycles. The van der Waals surface area contributed by atoms with Gasteiger partial charge in [-0.15, -0.1) is 0 Å². The lowest BCUT2D eigenvalue weighted by molar-refractivity contribution is -0.138. The predicted molar refractivity (Wildman–Crippen MR) is 71.6 cm³/mol. The highest BCUT2D eigenvalue weighted by Gasteiger charge is 2.30. The molecule has 0 bridgehead atoms. The molecule has 0 aliphatic heterocycles. The van der Waals surface area contributed by atoms with Gasteiger partial charge in [0.1, 0.15) is 0 Å². The van der Waals surface area contributed by atoms with E-state index in [9.17, 15) is 13.2 Å². The average molecular weight is 291 g/mol. The van der Waals surface area contributed by atoms with Crippen LogP contribution in [0.1, 0.15) is 25.8 Å². The van der Waals surface area contributed by atoms with Crippen LogP contribution in [-0.4, -0.2) is 26.0 Å². The molecule has 20 heavy (non-hydrogen) atoms. The second-order valence-corrected chi connectivity index (χ2v) is 4.13. The van der Waals surface area contributed by atoms with Crippen LogP contribution in [0.15, 0.2) is 24.3 Å². The van der Waals surface area contributed by atoms with Gasteiger partial charge in [-0.1, -0.05) is 6.07 Å². The van der Waals surface area contributed by atoms with Crippen LogP contribution >= 0.6 is 0 Å². The number of nitrogens with one attached hydrogen (secondary N) is 1. The molecule has 3 nitrogen and oxygen atoms in total. The van der Waals surface area contributed by atoms with Crippen LogP contribution in [0.3, 0.4) is 0 Å². The van der Waals surface area contributed by atoms with E-state index in [-0.39, 0.29) is 6.29 Å². The van der Waals surface area contributed by atoms with Crippen LogP contribution in [0.4, 0.5) is 18.9 Å². The van der Waals surface area contributed by atoms with Gasteiger partial charge in [0.2, 0.25) is 0 Å². The molecule has 0 aliphatic carbocycles. The Labute approximate surface area is 117 Å². The van der Waals surface area contributed by atoms with Crippen molar-refractivity contribution in [3.05, 3.63) is 29.8 Å². The Balaban J connectivity index is 2.49. The summed E-state index contributed by atoms with van der Waals surface area (Å²) in [5.41, 5.74) is -0.222. The maximum absolute atomic E-state index is 12.6. The second-order valence-electron chi connectivity index (χ2n) is 4.13. The van der Waals surface area contributed by atoms with E-state index in [0.717, 1.165) is 12.1 Å². The average Bonchev–Trinajstić information content (AvgIpc) is 2.38. The summed E-state index contributed by atoms with van der Waals surface area (Å²) in [6.45, 7) is 5.28. The fourth-order valence-corrected chi connectivity index (χ4v) is 1.73. The van der Waals surface area contributed by atoms with E-state index < -0.39 is 11.7 Å². The van der Waals surface area contributed by atoms with Gasteiger partial charge in [-0.05, 0) is 32.0 Å². The molecule has 0 fully saturated rings. The molecule has 0 aromatic heterocycles. The first-order valence-electron chi connectivity index (χ1n) is 6.61. The number of rotatable bonds is 8. The van der Waals surface area contributed by atoms with Crippen molar-refractivity contribution < 1.29 is 22.6 Å². The summed E-state index contributed by atoms with van der Waals surface area (Å²) < 4.78 is 48.4. The van der Waals surface area contributed by atoms with E-state index in [1.807, 2.05) is 13.8 Å². The number of halogens is 3. The van der Waals surface area contributed by atoms with Gasteiger partial charge in [0.05, 0.1) is 5.56 Å². The standard InChI is InChI=1S/C14H20F3NO2/c1-3-19-13(20-4-2)8-9-18-12-7-5-6-11(10-12)14(15,16)17/h5-7,10,13,18H,3-4,8-9H2,1-2H3. The van der Waals surface area contributed by atoms with E-state index in [4.69, 9.17) is 9.47 Å². The van der Waals surface area contributed by atoms with E-state index in [2.05, 4.69) is 5.32 Å². The normalized spacial score (nSPS) is 11.9. The summed E-state index contributed by atoms with van der Waals surface area (Å²) >= 11 is 0. The van der Waals surface area contributed by atoms with Gasteiger partial charge in [-0.25, -0.2) is 0 Å². The molecule has 1 N–H and O–H groups in total. The zero-order valence-corrected chi connectivity index (χ0v) is 11.7. The molecule has 0 saturated heterocycles. The zero-order chi connectivity index (χ0) is 15.0. The number of alkyl halides is 3. The maximum Gasteiger partial charge on any atom is 0.416 e. The highest BCUT2D eigenvalue weighted by atomic mass is 19.4. The quantitative estimate of drug-likeness (QED) is 0.737. The minimum absolute atomic E-state index is 0.330. The largest absolute Gasteiger partial charge is 0.416 e. The summed E-state index contributed by atoms with van der Waals surface area (Å²) in [6, 6.07) is 5.13. The van der Waals surface area contributed by atoms with Crippen LogP contribution in [0.25, 0.3) is 0 Å². The van der Waals surface area contributed by atoms with Crippen molar-refractivity contribution in [1.29, 1.82) is 0 Å². The van der Waals surface area contributed by atoms with Crippen LogP contribution in [0, 0.1) is 0 Å². The summed E-state index contributed by atoms with van der Waals surface area (Å²) in [6.07, 6.45) is -4.09. The number of hydrogen-bond acceptors (Lipinski definition) is 3. The van der Waals surface area contributed by atoms with Crippen LogP contribution in [0.2, 0.25) is 0 Å². The fourth-order valence-electron chi connectivity index (χ4n) is 1.73. The molecule has 0 radical (unpaired) electrons. The van der Waals surface area contributed by atoms with Gasteiger partial charge in [0.25, 0.3) is 0 Å². The van der Waals surface area contributed by atoms with Crippen LogP contribution < -0.4 is 5.32 Å². The second kappa shape index (κ2) is 8.11. The lowest BCUT2D eigenvalue weighted by Gasteiger charge is -2.17. The highest BCUT2D eigenvalue weighted by Crippen LogP contribution is 2.30. The number of hydrogen-bond donors (Lipinski definition) is 1. The van der Waals surface area contributed by atoms with Gasteiger partial charge in [0.15, 0.2) is 6.29 Å². The smallest absolute Gasteiger partial charge is 0.385 e. The summed E-state index contributed by atoms with van der Waals surface area (Å²) in [5, 5.41) is 2.94. The van der Waals surface area contributed by atoms with Crippen molar-refractivity contribution in [2.24, 2.45) is 0 Å². The van der Waals surface area contributed by atoms with Gasteiger partial charge in [-0.2, -0.15) is 13.2 Å². The topological polar surface area (TPSA) is 30.5 Å². The fraction of sp³-hybridized carbons (Fsp3) is 0.571. The van der Waals surface area contributed by atoms with Crippen molar-refractivity contribution in [2.45, 2.75) is 32.7 Å². The van der Waals surface area contributed by atoms with E-state index in [1.165, 1.54) is 6.07 Å². The third-order valence-corrected chi connectivity index (χ3v) is 2.60. The van der Waals surface area contributed by atoms with Gasteiger partial charge < -0.3 is 14.8 Å². The lowest BCUT2D eigenvalue weighted by atomic mass is 10.2. The molecular formula is C14H20F3NO2. The summed E-state index contributed by atoms with van der Waals surface area (Å²) in [7, 11) is 0. The first-order valence-corrected chi connectivity index (χ1v) is 6.61. The molecule has 0 unspecified atom stereocenters. The molecule has 0 atom stereocenters. The van der Waals surface area contributed by atoms with E-state index >= 15 is 0 Å². The molecule has 1 aromatic rings. The first-order chi connectivity index (χ1) is 9.47. The Morgan fingerprint density at radius 2 is 1.80 bits per heavy atom. The van der Waals surface area contributed by atoms with Crippen molar-refractivity contribution in [1.82, 2.24) is 0 Å². The molecule has 1 rings (SSSR count). The number of benzene rings is 1. The van der Waals surface area contributed by atoms with Crippen LogP contribution in [-0.2, 0) is 15.7 Å². The molecule has 1 aromatic carbocycles. The van der Waals surface area contributed by atoms with Crippen molar-refractivity contribution in [3.63, 3.8) is 0 Å². The number of ether oxygens (including phenoxy) is 2. The van der Waals surface area contributed by atoms with E-state index in [0.29, 0.717) is 31.9 Å². The zero-order valence-electron chi connectivity index (χ0n) is 11.7. The molecule has 0 saturated carbocycles. The van der Waals surface area contributed by atoms with Crippen molar-refractivity contribution >= 4 is 5.69 Å². The summed E-state index contributed by atoms with van der Waals surface area (Å²) in [4.78, 5) is 0. The molecule has 0 amide bonds. The lowest BCUT2D eigenvalue weighted by Crippen LogP contribution is -2.21. The minimum Gasteiger partial charge on any atom is -0.385 e. The van der Waals surface area contributed by atoms with Crippen molar-refractivity contribution in [3.8, 4) is 0 Å². The Kier molecular flexibility index (Phi) is 6.81. The Morgan fingerprint density at radius 3 is 2.35 bits per heavy atom. The third-order valence-electron chi connectivity index (χ3n) is 2.60. The molecule has 0 aliphatic rings.